The average Bonchev–Trinajstić information content (AvgIpc) is 2.95. The molecule has 2 saturated heterocycles. The van der Waals surface area contributed by atoms with Gasteiger partial charge >= 0.3 is 12.0 Å². The first kappa shape index (κ1) is 14.6. The largest absolute Gasteiger partial charge is 0.481 e. The summed E-state index contributed by atoms with van der Waals surface area (Å²) in [6, 6.07) is -0.444. The summed E-state index contributed by atoms with van der Waals surface area (Å²) < 4.78 is 4.93. The van der Waals surface area contributed by atoms with Gasteiger partial charge in [-0.25, -0.2) is 4.79 Å². The van der Waals surface area contributed by atoms with E-state index in [1.165, 1.54) is 0 Å². The predicted molar refractivity (Wildman–Crippen MR) is 67.8 cm³/mol. The SMILES string of the molecule is NC(=O)COCCNC(=O)N1C2CCC1C(C(=O)O)C2. The van der Waals surface area contributed by atoms with Crippen molar-refractivity contribution in [3.63, 3.8) is 0 Å². The number of primary amides is 1. The molecule has 112 valence electrons. The highest BCUT2D eigenvalue weighted by Gasteiger charge is 2.51. The Morgan fingerprint density at radius 1 is 1.35 bits per heavy atom. The van der Waals surface area contributed by atoms with Crippen LogP contribution in [0.3, 0.4) is 0 Å². The minimum Gasteiger partial charge on any atom is -0.481 e. The third-order valence-corrected chi connectivity index (χ3v) is 3.86. The molecule has 2 heterocycles. The van der Waals surface area contributed by atoms with Gasteiger partial charge in [-0.3, -0.25) is 9.59 Å². The van der Waals surface area contributed by atoms with Gasteiger partial charge < -0.3 is 25.8 Å². The Labute approximate surface area is 116 Å². The van der Waals surface area contributed by atoms with Gasteiger partial charge in [-0.05, 0) is 19.3 Å². The first-order valence-electron chi connectivity index (χ1n) is 6.65. The lowest BCUT2D eigenvalue weighted by Gasteiger charge is -2.23. The Hall–Kier alpha value is -1.83. The Morgan fingerprint density at radius 2 is 2.10 bits per heavy atom. The van der Waals surface area contributed by atoms with Crippen molar-refractivity contribution in [3.8, 4) is 0 Å². The zero-order valence-electron chi connectivity index (χ0n) is 11.1. The second kappa shape index (κ2) is 6.08. The van der Waals surface area contributed by atoms with Crippen molar-refractivity contribution in [1.82, 2.24) is 10.2 Å². The Kier molecular flexibility index (Phi) is 4.43. The predicted octanol–water partition coefficient (Wildman–Crippen LogP) is -0.865. The summed E-state index contributed by atoms with van der Waals surface area (Å²) in [7, 11) is 0. The molecule has 0 saturated carbocycles. The number of ether oxygens (including phenoxy) is 1. The summed E-state index contributed by atoms with van der Waals surface area (Å²) >= 11 is 0. The summed E-state index contributed by atoms with van der Waals surface area (Å²) in [4.78, 5) is 35.2. The summed E-state index contributed by atoms with van der Waals surface area (Å²) in [6.45, 7) is 0.284. The van der Waals surface area contributed by atoms with Crippen molar-refractivity contribution in [3.05, 3.63) is 0 Å². The third kappa shape index (κ3) is 3.01. The van der Waals surface area contributed by atoms with Gasteiger partial charge in [-0.15, -0.1) is 0 Å². The lowest BCUT2D eigenvalue weighted by molar-refractivity contribution is -0.142. The molecule has 0 radical (unpaired) electrons. The summed E-state index contributed by atoms with van der Waals surface area (Å²) in [5, 5.41) is 11.8. The van der Waals surface area contributed by atoms with E-state index >= 15 is 0 Å². The maximum atomic E-state index is 12.0. The first-order valence-corrected chi connectivity index (χ1v) is 6.65. The highest BCUT2D eigenvalue weighted by atomic mass is 16.5. The minimum atomic E-state index is -0.834. The van der Waals surface area contributed by atoms with E-state index < -0.39 is 17.8 Å². The van der Waals surface area contributed by atoms with Crippen molar-refractivity contribution in [2.75, 3.05) is 19.8 Å². The summed E-state index contributed by atoms with van der Waals surface area (Å²) in [6.07, 6.45) is 2.14. The molecule has 3 unspecified atom stereocenters. The Morgan fingerprint density at radius 3 is 2.70 bits per heavy atom. The van der Waals surface area contributed by atoms with Gasteiger partial charge in [0.2, 0.25) is 5.91 Å². The number of carboxylic acids is 1. The number of fused-ring (bicyclic) bond motifs is 2. The number of urea groups is 1. The van der Waals surface area contributed by atoms with Crippen LogP contribution in [-0.4, -0.2) is 59.8 Å². The zero-order chi connectivity index (χ0) is 14.7. The molecular formula is C12H19N3O5. The van der Waals surface area contributed by atoms with Crippen LogP contribution in [0.15, 0.2) is 0 Å². The number of carbonyl (C=O) groups is 3. The average molecular weight is 285 g/mol. The van der Waals surface area contributed by atoms with Crippen LogP contribution < -0.4 is 11.1 Å². The van der Waals surface area contributed by atoms with E-state index in [2.05, 4.69) is 5.32 Å². The van der Waals surface area contributed by atoms with Gasteiger partial charge in [-0.1, -0.05) is 0 Å². The summed E-state index contributed by atoms with van der Waals surface area (Å²) in [5.41, 5.74) is 4.91. The topological polar surface area (TPSA) is 122 Å². The second-order valence-electron chi connectivity index (χ2n) is 5.14. The fraction of sp³-hybridized carbons (Fsp3) is 0.750. The smallest absolute Gasteiger partial charge is 0.318 e. The van der Waals surface area contributed by atoms with Gasteiger partial charge in [0, 0.05) is 18.6 Å². The molecule has 2 fully saturated rings. The first-order chi connectivity index (χ1) is 9.50. The number of nitrogens with zero attached hydrogens (tertiary/aromatic N) is 1. The third-order valence-electron chi connectivity index (χ3n) is 3.86. The number of nitrogens with two attached hydrogens (primary N) is 1. The fourth-order valence-electron chi connectivity index (χ4n) is 3.06. The highest BCUT2D eigenvalue weighted by Crippen LogP contribution is 2.41. The molecule has 8 nitrogen and oxygen atoms in total. The molecular weight excluding hydrogens is 266 g/mol. The molecule has 2 bridgehead atoms. The van der Waals surface area contributed by atoms with Crippen molar-refractivity contribution < 1.29 is 24.2 Å². The van der Waals surface area contributed by atoms with Crippen molar-refractivity contribution in [2.24, 2.45) is 11.7 Å². The van der Waals surface area contributed by atoms with Gasteiger partial charge in [0.1, 0.15) is 6.61 Å². The van der Waals surface area contributed by atoms with Crippen LogP contribution in [0.5, 0.6) is 0 Å². The van der Waals surface area contributed by atoms with E-state index in [-0.39, 0.29) is 37.9 Å². The van der Waals surface area contributed by atoms with E-state index in [9.17, 15) is 14.4 Å². The van der Waals surface area contributed by atoms with Crippen molar-refractivity contribution in [1.29, 1.82) is 0 Å². The number of carboxylic acid groups (broad SMARTS) is 1. The van der Waals surface area contributed by atoms with E-state index in [0.29, 0.717) is 6.42 Å². The fourth-order valence-corrected chi connectivity index (χ4v) is 3.06. The highest BCUT2D eigenvalue weighted by molar-refractivity contribution is 5.79. The number of nitrogens with one attached hydrogen (secondary N) is 1. The normalized spacial score (nSPS) is 27.6. The lowest BCUT2D eigenvalue weighted by Crippen LogP contribution is -2.45. The van der Waals surface area contributed by atoms with Crippen LogP contribution in [-0.2, 0) is 14.3 Å². The number of hydrogen-bond donors (Lipinski definition) is 3. The van der Waals surface area contributed by atoms with Crippen LogP contribution in [0.4, 0.5) is 4.79 Å². The van der Waals surface area contributed by atoms with Crippen molar-refractivity contribution in [2.45, 2.75) is 31.3 Å². The summed E-state index contributed by atoms with van der Waals surface area (Å²) in [5.74, 6) is -1.84. The molecule has 3 atom stereocenters. The zero-order valence-corrected chi connectivity index (χ0v) is 11.1. The van der Waals surface area contributed by atoms with Crippen LogP contribution >= 0.6 is 0 Å². The van der Waals surface area contributed by atoms with Gasteiger partial charge in [0.25, 0.3) is 0 Å². The standard InChI is InChI=1S/C12H19N3O5/c13-10(16)6-20-4-3-14-12(19)15-7-1-2-9(15)8(5-7)11(17)18/h7-9H,1-6H2,(H2,13,16)(H,14,19)(H,17,18). The number of amides is 3. The van der Waals surface area contributed by atoms with Crippen LogP contribution in [0.25, 0.3) is 0 Å². The van der Waals surface area contributed by atoms with Crippen LogP contribution in [0.2, 0.25) is 0 Å². The maximum absolute atomic E-state index is 12.0. The number of hydrogen-bond acceptors (Lipinski definition) is 4. The molecule has 0 aromatic rings. The lowest BCUT2D eigenvalue weighted by atomic mass is 9.89. The molecule has 2 aliphatic rings. The second-order valence-corrected chi connectivity index (χ2v) is 5.14. The van der Waals surface area contributed by atoms with E-state index in [4.69, 9.17) is 15.6 Å². The molecule has 2 rings (SSSR count). The number of carbonyl (C=O) groups excluding carboxylic acids is 2. The molecule has 4 N–H and O–H groups in total. The monoisotopic (exact) mass is 285 g/mol. The van der Waals surface area contributed by atoms with Crippen LogP contribution in [0, 0.1) is 5.92 Å². The Balaban J connectivity index is 1.76. The molecule has 20 heavy (non-hydrogen) atoms. The van der Waals surface area contributed by atoms with E-state index in [1.54, 1.807) is 4.90 Å². The number of aliphatic carboxylic acids is 1. The van der Waals surface area contributed by atoms with E-state index in [1.807, 2.05) is 0 Å². The van der Waals surface area contributed by atoms with Gasteiger partial charge in [0.05, 0.1) is 12.5 Å². The van der Waals surface area contributed by atoms with E-state index in [0.717, 1.165) is 12.8 Å². The molecule has 0 spiro atoms. The quantitative estimate of drug-likeness (QED) is 0.548. The molecule has 0 aliphatic carbocycles. The number of rotatable bonds is 6. The maximum Gasteiger partial charge on any atom is 0.318 e. The Bertz CT molecular complexity index is 414. The molecule has 0 aromatic carbocycles. The molecule has 0 aromatic heterocycles. The van der Waals surface area contributed by atoms with Gasteiger partial charge in [0.15, 0.2) is 0 Å². The minimum absolute atomic E-state index is 0.0210. The van der Waals surface area contributed by atoms with Gasteiger partial charge in [-0.2, -0.15) is 0 Å². The van der Waals surface area contributed by atoms with Crippen LogP contribution in [0.1, 0.15) is 19.3 Å². The molecule has 8 heteroatoms. The van der Waals surface area contributed by atoms with Crippen molar-refractivity contribution >= 4 is 17.9 Å². The molecule has 3 amide bonds. The molecule has 2 aliphatic heterocycles.